The van der Waals surface area contributed by atoms with Crippen molar-refractivity contribution in [1.82, 2.24) is 15.3 Å². The summed E-state index contributed by atoms with van der Waals surface area (Å²) in [6.07, 6.45) is 3.62. The van der Waals surface area contributed by atoms with E-state index >= 15 is 0 Å². The molecule has 0 radical (unpaired) electrons. The number of hydrogen-bond acceptors (Lipinski definition) is 9. The maximum atomic E-state index is 11.9. The van der Waals surface area contributed by atoms with E-state index in [9.17, 15) is 10.1 Å². The van der Waals surface area contributed by atoms with E-state index < -0.39 is 4.92 Å². The molecule has 1 aromatic heterocycles. The van der Waals surface area contributed by atoms with Gasteiger partial charge in [-0.15, -0.1) is 0 Å². The minimum absolute atomic E-state index is 0.0458. The van der Waals surface area contributed by atoms with Crippen LogP contribution in [0.1, 0.15) is 46.1 Å². The smallest absolute Gasteiger partial charge is 0.353 e. The Kier molecular flexibility index (Phi) is 7.26. The monoisotopic (exact) mass is 458 g/mol. The lowest BCUT2D eigenvalue weighted by Crippen LogP contribution is -2.60. The highest BCUT2D eigenvalue weighted by molar-refractivity contribution is 5.69. The number of nitrogens with one attached hydrogen (secondary N) is 3. The molecular weight excluding hydrogens is 424 g/mol. The van der Waals surface area contributed by atoms with Crippen LogP contribution in [0.5, 0.6) is 11.5 Å². The van der Waals surface area contributed by atoms with E-state index in [1.165, 1.54) is 6.33 Å². The van der Waals surface area contributed by atoms with Crippen molar-refractivity contribution in [1.29, 1.82) is 0 Å². The standard InChI is InChI=1S/C23H34N6O4/c1-22(2)12-16(13-23(3,4)28-22)27-21-19(29(30)31)20(25-14-26-21)24-10-9-15-7-8-17(32-5)18(11-15)33-6/h7-8,11,14,16,28H,9-10,12-13H2,1-6H3,(H2,24,25,26,27). The van der Waals surface area contributed by atoms with E-state index in [4.69, 9.17) is 9.47 Å². The van der Waals surface area contributed by atoms with Gasteiger partial charge in [0.15, 0.2) is 11.5 Å². The van der Waals surface area contributed by atoms with Crippen molar-refractivity contribution in [2.24, 2.45) is 0 Å². The topological polar surface area (TPSA) is 123 Å². The predicted molar refractivity (Wildman–Crippen MR) is 128 cm³/mol. The lowest BCUT2D eigenvalue weighted by molar-refractivity contribution is -0.383. The maximum Gasteiger partial charge on any atom is 0.353 e. The van der Waals surface area contributed by atoms with E-state index in [0.717, 1.165) is 18.4 Å². The minimum atomic E-state index is -0.432. The van der Waals surface area contributed by atoms with Gasteiger partial charge in [-0.05, 0) is 64.7 Å². The fourth-order valence-electron chi connectivity index (χ4n) is 4.77. The highest BCUT2D eigenvalue weighted by atomic mass is 16.6. The Labute approximate surface area is 194 Å². The van der Waals surface area contributed by atoms with E-state index in [2.05, 4.69) is 53.6 Å². The van der Waals surface area contributed by atoms with Crippen LogP contribution in [0.15, 0.2) is 24.5 Å². The summed E-state index contributed by atoms with van der Waals surface area (Å²) in [5, 5.41) is 22.0. The number of rotatable bonds is 9. The quantitative estimate of drug-likeness (QED) is 0.380. The van der Waals surface area contributed by atoms with Crippen LogP contribution >= 0.6 is 0 Å². The third kappa shape index (κ3) is 6.22. The predicted octanol–water partition coefficient (Wildman–Crippen LogP) is 3.78. The van der Waals surface area contributed by atoms with E-state index in [1.54, 1.807) is 14.2 Å². The summed E-state index contributed by atoms with van der Waals surface area (Å²) in [4.78, 5) is 19.8. The first-order valence-corrected chi connectivity index (χ1v) is 11.0. The van der Waals surface area contributed by atoms with Crippen molar-refractivity contribution < 1.29 is 14.4 Å². The van der Waals surface area contributed by atoms with Gasteiger partial charge in [-0.2, -0.15) is 0 Å². The van der Waals surface area contributed by atoms with Crippen molar-refractivity contribution in [3.63, 3.8) is 0 Å². The van der Waals surface area contributed by atoms with Crippen LogP contribution in [0, 0.1) is 10.1 Å². The normalized spacial score (nSPS) is 17.3. The summed E-state index contributed by atoms with van der Waals surface area (Å²) >= 11 is 0. The highest BCUT2D eigenvalue weighted by Crippen LogP contribution is 2.34. The van der Waals surface area contributed by atoms with Gasteiger partial charge in [0.2, 0.25) is 11.6 Å². The summed E-state index contributed by atoms with van der Waals surface area (Å²) < 4.78 is 10.6. The molecule has 1 aliphatic rings. The van der Waals surface area contributed by atoms with Gasteiger partial charge < -0.3 is 25.4 Å². The Morgan fingerprint density at radius 2 is 1.73 bits per heavy atom. The van der Waals surface area contributed by atoms with Crippen molar-refractivity contribution in [3.8, 4) is 11.5 Å². The average molecular weight is 459 g/mol. The molecule has 180 valence electrons. The second kappa shape index (κ2) is 9.78. The largest absolute Gasteiger partial charge is 0.493 e. The zero-order chi connectivity index (χ0) is 24.2. The van der Waals surface area contributed by atoms with Gasteiger partial charge in [-0.3, -0.25) is 10.1 Å². The molecule has 10 heteroatoms. The van der Waals surface area contributed by atoms with Crippen LogP contribution in [0.4, 0.5) is 17.3 Å². The van der Waals surface area contributed by atoms with Crippen LogP contribution in [-0.2, 0) is 6.42 Å². The molecule has 1 aromatic carbocycles. The molecule has 2 aromatic rings. The second-order valence-corrected chi connectivity index (χ2v) is 9.68. The third-order valence-electron chi connectivity index (χ3n) is 5.69. The van der Waals surface area contributed by atoms with E-state index in [1.807, 2.05) is 18.2 Å². The van der Waals surface area contributed by atoms with E-state index in [-0.39, 0.29) is 34.4 Å². The van der Waals surface area contributed by atoms with Gasteiger partial charge in [0, 0.05) is 23.7 Å². The number of benzene rings is 1. The number of piperidine rings is 1. The summed E-state index contributed by atoms with van der Waals surface area (Å²) in [6, 6.07) is 5.71. The fraction of sp³-hybridized carbons (Fsp3) is 0.565. The SMILES string of the molecule is COc1ccc(CCNc2ncnc(NC3CC(C)(C)NC(C)(C)C3)c2[N+](=O)[O-])cc1OC. The molecule has 0 bridgehead atoms. The number of nitro groups is 1. The van der Waals surface area contributed by atoms with E-state index in [0.29, 0.717) is 24.5 Å². The first kappa shape index (κ1) is 24.5. The van der Waals surface area contributed by atoms with Crippen LogP contribution in [-0.4, -0.2) is 52.8 Å². The molecule has 0 aliphatic carbocycles. The number of ether oxygens (including phenoxy) is 2. The fourth-order valence-corrected chi connectivity index (χ4v) is 4.77. The molecule has 3 N–H and O–H groups in total. The van der Waals surface area contributed by atoms with Crippen molar-refractivity contribution in [3.05, 3.63) is 40.2 Å². The number of anilines is 2. The number of nitrogens with zero attached hydrogens (tertiary/aromatic N) is 3. The zero-order valence-corrected chi connectivity index (χ0v) is 20.2. The molecule has 0 amide bonds. The van der Waals surface area contributed by atoms with Crippen molar-refractivity contribution in [2.75, 3.05) is 31.4 Å². The van der Waals surface area contributed by atoms with Gasteiger partial charge in [0.1, 0.15) is 6.33 Å². The number of aromatic nitrogens is 2. The lowest BCUT2D eigenvalue weighted by Gasteiger charge is -2.46. The van der Waals surface area contributed by atoms with Crippen molar-refractivity contribution in [2.45, 2.75) is 64.1 Å². The van der Waals surface area contributed by atoms with Gasteiger partial charge in [0.25, 0.3) is 0 Å². The molecule has 0 unspecified atom stereocenters. The number of methoxy groups -OCH3 is 2. The van der Waals surface area contributed by atoms with Crippen LogP contribution in [0.3, 0.4) is 0 Å². The zero-order valence-electron chi connectivity index (χ0n) is 20.2. The molecule has 2 heterocycles. The Morgan fingerprint density at radius 3 is 2.33 bits per heavy atom. The molecule has 1 saturated heterocycles. The van der Waals surface area contributed by atoms with Crippen LogP contribution in [0.2, 0.25) is 0 Å². The molecule has 33 heavy (non-hydrogen) atoms. The van der Waals surface area contributed by atoms with Crippen molar-refractivity contribution >= 4 is 17.3 Å². The highest BCUT2D eigenvalue weighted by Gasteiger charge is 2.38. The minimum Gasteiger partial charge on any atom is -0.493 e. The second-order valence-electron chi connectivity index (χ2n) is 9.68. The van der Waals surface area contributed by atoms with Gasteiger partial charge in [-0.1, -0.05) is 6.07 Å². The lowest BCUT2D eigenvalue weighted by atomic mass is 9.79. The molecular formula is C23H34N6O4. The first-order chi connectivity index (χ1) is 15.5. The summed E-state index contributed by atoms with van der Waals surface area (Å²) in [5.74, 6) is 1.73. The number of hydrogen-bond donors (Lipinski definition) is 3. The Bertz CT molecular complexity index is 979. The Morgan fingerprint density at radius 1 is 1.09 bits per heavy atom. The first-order valence-electron chi connectivity index (χ1n) is 11.0. The Balaban J connectivity index is 1.74. The molecule has 0 atom stereocenters. The molecule has 10 nitrogen and oxygen atoms in total. The molecule has 1 fully saturated rings. The molecule has 3 rings (SSSR count). The van der Waals surface area contributed by atoms with Crippen LogP contribution < -0.4 is 25.4 Å². The Hall–Kier alpha value is -3.14. The maximum absolute atomic E-state index is 11.9. The average Bonchev–Trinajstić information content (AvgIpc) is 2.71. The van der Waals surface area contributed by atoms with Gasteiger partial charge in [-0.25, -0.2) is 9.97 Å². The molecule has 0 spiro atoms. The summed E-state index contributed by atoms with van der Waals surface area (Å²) in [6.45, 7) is 9.01. The summed E-state index contributed by atoms with van der Waals surface area (Å²) in [7, 11) is 3.17. The summed E-state index contributed by atoms with van der Waals surface area (Å²) in [5.41, 5.74) is 0.678. The van der Waals surface area contributed by atoms with Gasteiger partial charge >= 0.3 is 5.69 Å². The molecule has 0 saturated carbocycles. The van der Waals surface area contributed by atoms with Crippen LogP contribution in [0.25, 0.3) is 0 Å². The molecule has 1 aliphatic heterocycles. The third-order valence-corrected chi connectivity index (χ3v) is 5.69. The van der Waals surface area contributed by atoms with Gasteiger partial charge in [0.05, 0.1) is 19.1 Å².